The summed E-state index contributed by atoms with van der Waals surface area (Å²) in [5, 5.41) is 47.0. The van der Waals surface area contributed by atoms with Crippen LogP contribution < -0.4 is 18.9 Å². The fraction of sp³-hybridized carbons (Fsp3) is 0.400. The van der Waals surface area contributed by atoms with E-state index in [9.17, 15) is 0 Å². The number of nitrogens with zero attached hydrogens (tertiary/aromatic N) is 3. The largest absolute Gasteiger partial charge is 1.00 e. The molecule has 0 heterocycles. The Morgan fingerprint density at radius 2 is 1.76 bits per heavy atom. The zero-order chi connectivity index (χ0) is 12.8. The van der Waals surface area contributed by atoms with Gasteiger partial charge in [-0.05, 0) is 0 Å². The Morgan fingerprint density at radius 1 is 1.18 bits per heavy atom. The zero-order valence-corrected chi connectivity index (χ0v) is 8.68. The average Bonchev–Trinajstić information content (AvgIpc) is 2.25. The van der Waals surface area contributed by atoms with E-state index in [-0.39, 0.29) is 26.9 Å². The van der Waals surface area contributed by atoms with E-state index in [0.29, 0.717) is 0 Å². The van der Waals surface area contributed by atoms with Crippen LogP contribution in [0.4, 0.5) is 0 Å². The molecule has 0 aromatic carbocycles. The molecule has 0 saturated heterocycles. The summed E-state index contributed by atoms with van der Waals surface area (Å²) in [4.78, 5) is 6.84. The number of hydrogen-bond acceptors (Lipinski definition) is 10. The molecule has 0 radical (unpaired) electrons. The number of aliphatic hydroxyl groups excluding tert-OH is 1. The van der Waals surface area contributed by atoms with Gasteiger partial charge in [0.2, 0.25) is 6.29 Å². The first-order chi connectivity index (χ1) is 7.58. The van der Waals surface area contributed by atoms with Crippen molar-refractivity contribution in [2.45, 2.75) is 6.29 Å². The van der Waals surface area contributed by atoms with E-state index in [2.05, 4.69) is 19.2 Å². The summed E-state index contributed by atoms with van der Waals surface area (Å²) >= 11 is 0. The normalized spacial score (nSPS) is 8.47. The molecule has 10 nitrogen and oxygen atoms in total. The molecular weight excluding hydrogens is 232 g/mol. The third-order valence-electron chi connectivity index (χ3n) is 0.651. The van der Waals surface area contributed by atoms with Crippen molar-refractivity contribution in [2.75, 3.05) is 6.61 Å². The number of ether oxygens (including phenoxy) is 2. The molecular formula is C5H7BLiN3O7. The topological polar surface area (TPSA) is 169 Å². The van der Waals surface area contributed by atoms with E-state index in [1.807, 2.05) is 0 Å². The first-order valence-corrected chi connectivity index (χ1v) is 3.39. The van der Waals surface area contributed by atoms with Crippen molar-refractivity contribution < 1.29 is 54.6 Å². The number of hydrogen-bond donors (Lipinski definition) is 3. The molecule has 0 spiro atoms. The van der Waals surface area contributed by atoms with Crippen LogP contribution in [0.2, 0.25) is 0 Å². The molecule has 0 fully saturated rings. The van der Waals surface area contributed by atoms with Crippen molar-refractivity contribution in [1.29, 1.82) is 15.8 Å². The van der Waals surface area contributed by atoms with Gasteiger partial charge in [-0.3, -0.25) is 4.89 Å². The first kappa shape index (κ1) is 20.7. The Kier molecular flexibility index (Phi) is 20.5. The fourth-order valence-electron chi connectivity index (χ4n) is 0.268. The van der Waals surface area contributed by atoms with Crippen molar-refractivity contribution in [2.24, 2.45) is 0 Å². The molecule has 0 aliphatic carbocycles. The number of nitriles is 3. The minimum Gasteiger partial charge on any atom is -1.00 e. The molecule has 1 atom stereocenters. The third-order valence-corrected chi connectivity index (χ3v) is 0.651. The monoisotopic (exact) mass is 239 g/mol. The molecule has 0 aromatic heterocycles. The molecule has 88 valence electrons. The van der Waals surface area contributed by atoms with Crippen molar-refractivity contribution >= 4 is 7.32 Å². The molecule has 0 aliphatic heterocycles. The predicted molar refractivity (Wildman–Crippen MR) is 43.4 cm³/mol. The minimum atomic E-state index is -2.04. The first-order valence-electron chi connectivity index (χ1n) is 3.39. The Morgan fingerprint density at radius 3 is 2.06 bits per heavy atom. The van der Waals surface area contributed by atoms with Gasteiger partial charge in [-0.15, -0.1) is 5.26 Å². The van der Waals surface area contributed by atoms with Gasteiger partial charge < -0.3 is 26.1 Å². The standard InChI is InChI=1S/C4H4N2O3.CH2BNO4.Li.H/c5-2-8-1-4(7)9-3-6;3-1-6-7-2(4)5;;/h4,7H,1H2;4-5H;;/q;;+1;-1. The summed E-state index contributed by atoms with van der Waals surface area (Å²) in [6.07, 6.45) is 2.26. The Balaban J connectivity index is -0.000000100. The minimum absolute atomic E-state index is 0. The van der Waals surface area contributed by atoms with Gasteiger partial charge in [0, 0.05) is 0 Å². The average molecular weight is 239 g/mol. The predicted octanol–water partition coefficient (Wildman–Crippen LogP) is -5.20. The summed E-state index contributed by atoms with van der Waals surface area (Å²) in [5.74, 6) is 0. The van der Waals surface area contributed by atoms with E-state index in [1.54, 1.807) is 0 Å². The van der Waals surface area contributed by atoms with Gasteiger partial charge in [0.25, 0.3) is 12.5 Å². The van der Waals surface area contributed by atoms with Crippen LogP contribution in [-0.2, 0) is 19.2 Å². The van der Waals surface area contributed by atoms with Crippen LogP contribution in [0.25, 0.3) is 0 Å². The van der Waals surface area contributed by atoms with Gasteiger partial charge >= 0.3 is 32.4 Å². The zero-order valence-electron chi connectivity index (χ0n) is 9.68. The molecule has 0 aliphatic rings. The SMILES string of the molecule is N#COCC(O)OC#N.N#COOB(O)O.[H-].[Li+]. The van der Waals surface area contributed by atoms with E-state index in [0.717, 1.165) is 6.26 Å². The third kappa shape index (κ3) is 25.0. The van der Waals surface area contributed by atoms with Crippen LogP contribution in [0.15, 0.2) is 0 Å². The van der Waals surface area contributed by atoms with E-state index in [4.69, 9.17) is 30.9 Å². The van der Waals surface area contributed by atoms with E-state index >= 15 is 0 Å². The van der Waals surface area contributed by atoms with E-state index < -0.39 is 13.6 Å². The van der Waals surface area contributed by atoms with Gasteiger partial charge in [-0.1, -0.05) is 0 Å². The fourth-order valence-corrected chi connectivity index (χ4v) is 0.268. The molecule has 12 heteroatoms. The van der Waals surface area contributed by atoms with Crippen molar-refractivity contribution in [3.05, 3.63) is 0 Å². The van der Waals surface area contributed by atoms with Gasteiger partial charge in [-0.25, -0.2) is 0 Å². The molecule has 0 aromatic rings. The molecule has 0 amide bonds. The second-order valence-electron chi connectivity index (χ2n) is 1.66. The maximum atomic E-state index is 8.46. The maximum Gasteiger partial charge on any atom is 1.00 e. The van der Waals surface area contributed by atoms with Gasteiger partial charge in [0.05, 0.1) is 0 Å². The smallest absolute Gasteiger partial charge is 1.00 e. The van der Waals surface area contributed by atoms with E-state index in [1.165, 1.54) is 12.5 Å². The van der Waals surface area contributed by atoms with Crippen LogP contribution in [0.1, 0.15) is 1.43 Å². The Bertz CT molecular complexity index is 290. The van der Waals surface area contributed by atoms with Crippen LogP contribution in [0, 0.1) is 34.6 Å². The van der Waals surface area contributed by atoms with Gasteiger partial charge in [-0.2, -0.15) is 15.3 Å². The van der Waals surface area contributed by atoms with Crippen molar-refractivity contribution in [3.8, 4) is 18.8 Å². The second-order valence-corrected chi connectivity index (χ2v) is 1.66. The summed E-state index contributed by atoms with van der Waals surface area (Å²) in [6.45, 7) is -0.315. The number of rotatable bonds is 5. The second kappa shape index (κ2) is 16.8. The quantitative estimate of drug-likeness (QED) is 0.138. The van der Waals surface area contributed by atoms with Gasteiger partial charge in [0.15, 0.2) is 6.61 Å². The van der Waals surface area contributed by atoms with Crippen molar-refractivity contribution in [3.63, 3.8) is 0 Å². The number of aliphatic hydroxyl groups is 1. The molecule has 17 heavy (non-hydrogen) atoms. The van der Waals surface area contributed by atoms with Crippen LogP contribution in [-0.4, -0.2) is 35.4 Å². The Hall–Kier alpha value is -1.63. The van der Waals surface area contributed by atoms with Crippen LogP contribution in [0.5, 0.6) is 0 Å². The summed E-state index contributed by atoms with van der Waals surface area (Å²) in [6, 6.07) is 0. The molecule has 0 saturated carbocycles. The molecule has 0 rings (SSSR count). The van der Waals surface area contributed by atoms with Crippen LogP contribution in [0.3, 0.4) is 0 Å². The van der Waals surface area contributed by atoms with Gasteiger partial charge in [0.1, 0.15) is 0 Å². The van der Waals surface area contributed by atoms with Crippen LogP contribution >= 0.6 is 0 Å². The molecule has 3 N–H and O–H groups in total. The van der Waals surface area contributed by atoms with Crippen molar-refractivity contribution in [1.82, 2.24) is 0 Å². The Labute approximate surface area is 110 Å². The molecule has 0 bridgehead atoms. The maximum absolute atomic E-state index is 8.46. The summed E-state index contributed by atoms with van der Waals surface area (Å²) < 4.78 is 7.96. The summed E-state index contributed by atoms with van der Waals surface area (Å²) in [7, 11) is -2.04. The summed E-state index contributed by atoms with van der Waals surface area (Å²) in [5.41, 5.74) is 0. The molecule has 1 unspecified atom stereocenters.